The first-order valence-corrected chi connectivity index (χ1v) is 9.85. The summed E-state index contributed by atoms with van der Waals surface area (Å²) < 4.78 is 0. The number of rotatable bonds is 4. The van der Waals surface area contributed by atoms with Gasteiger partial charge in [-0.15, -0.1) is 0 Å². The molecule has 2 aromatic carbocycles. The summed E-state index contributed by atoms with van der Waals surface area (Å²) in [5.41, 5.74) is 10.0. The van der Waals surface area contributed by atoms with Crippen LogP contribution in [0.2, 0.25) is 0 Å². The number of nitrogens with one attached hydrogen (secondary N) is 4. The highest BCUT2D eigenvalue weighted by Crippen LogP contribution is 2.26. The van der Waals surface area contributed by atoms with Crippen LogP contribution in [0, 0.1) is 11.3 Å². The predicted octanol–water partition coefficient (Wildman–Crippen LogP) is 2.57. The van der Waals surface area contributed by atoms with Crippen LogP contribution in [0.1, 0.15) is 47.9 Å². The van der Waals surface area contributed by atoms with Crippen molar-refractivity contribution in [3.05, 3.63) is 65.2 Å². The lowest BCUT2D eigenvalue weighted by Crippen LogP contribution is -2.39. The van der Waals surface area contributed by atoms with Gasteiger partial charge in [0.1, 0.15) is 6.04 Å². The predicted molar refractivity (Wildman–Crippen MR) is 108 cm³/mol. The smallest absolute Gasteiger partial charge is 0.242 e. The number of hydrogen-bond acceptors (Lipinski definition) is 5. The number of carbonyl (C=O) groups excluding carboxylic acids is 1. The van der Waals surface area contributed by atoms with E-state index < -0.39 is 0 Å². The molecule has 2 aliphatic heterocycles. The lowest BCUT2D eigenvalue weighted by molar-refractivity contribution is -0.117. The van der Waals surface area contributed by atoms with Crippen LogP contribution in [-0.2, 0) is 4.79 Å². The van der Waals surface area contributed by atoms with E-state index in [0.29, 0.717) is 17.9 Å². The molecule has 0 aromatic heterocycles. The van der Waals surface area contributed by atoms with Crippen LogP contribution in [-0.4, -0.2) is 25.0 Å². The van der Waals surface area contributed by atoms with E-state index in [9.17, 15) is 4.79 Å². The summed E-state index contributed by atoms with van der Waals surface area (Å²) in [4.78, 5) is 12.6. The second-order valence-corrected chi connectivity index (χ2v) is 7.52. The van der Waals surface area contributed by atoms with E-state index in [1.165, 1.54) is 18.4 Å². The molecule has 6 heteroatoms. The molecule has 2 unspecified atom stereocenters. The van der Waals surface area contributed by atoms with Crippen LogP contribution in [0.4, 0.5) is 5.69 Å². The maximum Gasteiger partial charge on any atom is 0.242 e. The Kier molecular flexibility index (Phi) is 5.68. The molecule has 6 nitrogen and oxygen atoms in total. The van der Waals surface area contributed by atoms with E-state index in [-0.39, 0.29) is 18.0 Å². The van der Waals surface area contributed by atoms with Crippen molar-refractivity contribution >= 4 is 11.6 Å². The second kappa shape index (κ2) is 8.53. The number of benzene rings is 2. The Morgan fingerprint density at radius 2 is 1.96 bits per heavy atom. The van der Waals surface area contributed by atoms with Crippen LogP contribution in [0.5, 0.6) is 0 Å². The van der Waals surface area contributed by atoms with Gasteiger partial charge in [-0.3, -0.25) is 4.79 Å². The Labute approximate surface area is 165 Å². The van der Waals surface area contributed by atoms with Gasteiger partial charge in [0.25, 0.3) is 0 Å². The van der Waals surface area contributed by atoms with Gasteiger partial charge < -0.3 is 10.6 Å². The number of hydrogen-bond donors (Lipinski definition) is 4. The molecule has 2 saturated heterocycles. The molecule has 0 radical (unpaired) electrons. The average molecular weight is 375 g/mol. The fraction of sp³-hybridized carbons (Fsp3) is 0.364. The topological polar surface area (TPSA) is 89.0 Å². The minimum Gasteiger partial charge on any atom is -0.325 e. The summed E-state index contributed by atoms with van der Waals surface area (Å²) in [5, 5.41) is 15.5. The van der Waals surface area contributed by atoms with Crippen molar-refractivity contribution in [1.29, 1.82) is 5.26 Å². The van der Waals surface area contributed by atoms with Crippen LogP contribution in [0.15, 0.2) is 48.5 Å². The van der Waals surface area contributed by atoms with Crippen molar-refractivity contribution in [3.8, 4) is 6.07 Å². The van der Waals surface area contributed by atoms with Crippen molar-refractivity contribution in [1.82, 2.24) is 16.2 Å². The molecule has 28 heavy (non-hydrogen) atoms. The van der Waals surface area contributed by atoms with E-state index in [4.69, 9.17) is 5.26 Å². The van der Waals surface area contributed by atoms with Crippen molar-refractivity contribution in [2.75, 3.05) is 18.4 Å². The average Bonchev–Trinajstić information content (AvgIpc) is 3.25. The summed E-state index contributed by atoms with van der Waals surface area (Å²) in [7, 11) is 0. The highest BCUT2D eigenvalue weighted by Gasteiger charge is 2.30. The Morgan fingerprint density at radius 1 is 1.11 bits per heavy atom. The standard InChI is InChI=1S/C22H25N5O/c23-13-15-3-1-4-17(11-15)20-12-21(27-26-20)22(28)25-19-8-6-16(7-9-19)18-5-2-10-24-14-18/h1,3-4,6-9,11,18,20-21,24,26-27H,2,5,10,12,14H2,(H,25,28)/t18-,20?,21?/m1/s1. The Balaban J connectivity index is 1.34. The number of piperidine rings is 1. The minimum atomic E-state index is -0.321. The molecule has 0 aliphatic carbocycles. The van der Waals surface area contributed by atoms with Crippen LogP contribution in [0.3, 0.4) is 0 Å². The van der Waals surface area contributed by atoms with E-state index in [2.05, 4.69) is 39.7 Å². The molecule has 0 spiro atoms. The van der Waals surface area contributed by atoms with Crippen molar-refractivity contribution in [2.24, 2.45) is 0 Å². The third kappa shape index (κ3) is 4.23. The molecule has 3 atom stereocenters. The summed E-state index contributed by atoms with van der Waals surface area (Å²) in [6.07, 6.45) is 3.05. The molecule has 2 aliphatic rings. The molecule has 0 saturated carbocycles. The molecular formula is C22H25N5O. The molecule has 2 fully saturated rings. The van der Waals surface area contributed by atoms with E-state index in [1.54, 1.807) is 6.07 Å². The van der Waals surface area contributed by atoms with Crippen molar-refractivity contribution < 1.29 is 4.79 Å². The van der Waals surface area contributed by atoms with E-state index in [0.717, 1.165) is 24.3 Å². The number of anilines is 1. The van der Waals surface area contributed by atoms with Gasteiger partial charge in [0.05, 0.1) is 11.6 Å². The number of amides is 1. The molecule has 0 bridgehead atoms. The third-order valence-electron chi connectivity index (χ3n) is 5.58. The molecule has 2 aromatic rings. The van der Waals surface area contributed by atoms with Gasteiger partial charge in [-0.05, 0) is 67.1 Å². The largest absolute Gasteiger partial charge is 0.325 e. The molecular weight excluding hydrogens is 350 g/mol. The number of hydrazine groups is 1. The Morgan fingerprint density at radius 3 is 2.71 bits per heavy atom. The van der Waals surface area contributed by atoms with Crippen molar-refractivity contribution in [3.63, 3.8) is 0 Å². The molecule has 2 heterocycles. The molecule has 144 valence electrons. The molecule has 1 amide bonds. The first-order valence-electron chi connectivity index (χ1n) is 9.85. The summed E-state index contributed by atoms with van der Waals surface area (Å²) in [6.45, 7) is 2.13. The van der Waals surface area contributed by atoms with Gasteiger partial charge in [-0.2, -0.15) is 5.26 Å². The highest BCUT2D eigenvalue weighted by atomic mass is 16.2. The van der Waals surface area contributed by atoms with Gasteiger partial charge in [-0.25, -0.2) is 10.9 Å². The fourth-order valence-electron chi connectivity index (χ4n) is 3.98. The van der Waals surface area contributed by atoms with Crippen LogP contribution in [0.25, 0.3) is 0 Å². The summed E-state index contributed by atoms with van der Waals surface area (Å²) in [5.74, 6) is 0.502. The van der Waals surface area contributed by atoms with Gasteiger partial charge in [0, 0.05) is 18.3 Å². The Hall–Kier alpha value is -2.72. The minimum absolute atomic E-state index is 0.00484. The SMILES string of the molecule is N#Cc1cccc(C2CC(C(=O)Nc3ccc([C@@H]4CCCNC4)cc3)NN2)c1. The first-order chi connectivity index (χ1) is 13.7. The summed E-state index contributed by atoms with van der Waals surface area (Å²) in [6, 6.07) is 17.5. The second-order valence-electron chi connectivity index (χ2n) is 7.52. The first kappa shape index (κ1) is 18.6. The van der Waals surface area contributed by atoms with E-state index >= 15 is 0 Å². The number of nitriles is 1. The molecule has 4 rings (SSSR count). The van der Waals surface area contributed by atoms with Crippen LogP contribution >= 0.6 is 0 Å². The molecule has 4 N–H and O–H groups in total. The fourth-order valence-corrected chi connectivity index (χ4v) is 3.98. The normalized spacial score (nSPS) is 24.5. The monoisotopic (exact) mass is 375 g/mol. The quantitative estimate of drug-likeness (QED) is 0.660. The highest BCUT2D eigenvalue weighted by molar-refractivity contribution is 5.95. The zero-order valence-corrected chi connectivity index (χ0v) is 15.7. The van der Waals surface area contributed by atoms with Gasteiger partial charge in [-0.1, -0.05) is 24.3 Å². The number of carbonyl (C=O) groups is 1. The number of nitrogens with zero attached hydrogens (tertiary/aromatic N) is 1. The summed E-state index contributed by atoms with van der Waals surface area (Å²) >= 11 is 0. The lowest BCUT2D eigenvalue weighted by atomic mass is 9.91. The van der Waals surface area contributed by atoms with Gasteiger partial charge in [0.15, 0.2) is 0 Å². The van der Waals surface area contributed by atoms with Gasteiger partial charge >= 0.3 is 0 Å². The lowest BCUT2D eigenvalue weighted by Gasteiger charge is -2.23. The van der Waals surface area contributed by atoms with Crippen LogP contribution < -0.4 is 21.5 Å². The zero-order chi connectivity index (χ0) is 19.3. The van der Waals surface area contributed by atoms with Crippen molar-refractivity contribution in [2.45, 2.75) is 37.3 Å². The van der Waals surface area contributed by atoms with Gasteiger partial charge in [0.2, 0.25) is 5.91 Å². The third-order valence-corrected chi connectivity index (χ3v) is 5.58. The maximum absolute atomic E-state index is 12.6. The zero-order valence-electron chi connectivity index (χ0n) is 15.7. The maximum atomic E-state index is 12.6. The Bertz CT molecular complexity index is 867. The van der Waals surface area contributed by atoms with E-state index in [1.807, 2.05) is 30.3 Å².